The summed E-state index contributed by atoms with van der Waals surface area (Å²) in [6.07, 6.45) is 0.224. The van der Waals surface area contributed by atoms with Gasteiger partial charge in [0.05, 0.1) is 5.75 Å². The fourth-order valence-electron chi connectivity index (χ4n) is 0.721. The molecule has 0 aliphatic rings. The van der Waals surface area contributed by atoms with E-state index in [2.05, 4.69) is 5.32 Å². The molecule has 0 atom stereocenters. The minimum atomic E-state index is -3.22. The predicted molar refractivity (Wildman–Crippen MR) is 54.2 cm³/mol. The van der Waals surface area contributed by atoms with E-state index < -0.39 is 10.0 Å². The molecule has 0 radical (unpaired) electrons. The summed E-state index contributed by atoms with van der Waals surface area (Å²) in [6.45, 7) is 0.394. The van der Waals surface area contributed by atoms with Crippen molar-refractivity contribution in [2.45, 2.75) is 6.42 Å². The molecule has 0 bridgehead atoms. The molecule has 0 aromatic rings. The fourth-order valence-corrected chi connectivity index (χ4v) is 1.45. The molecule has 0 saturated carbocycles. The van der Waals surface area contributed by atoms with Crippen molar-refractivity contribution in [3.8, 4) is 0 Å². The van der Waals surface area contributed by atoms with E-state index in [1.54, 1.807) is 0 Å². The molecular formula is C7H17N3O3S. The van der Waals surface area contributed by atoms with E-state index in [0.29, 0.717) is 0 Å². The Morgan fingerprint density at radius 1 is 1.43 bits per heavy atom. The van der Waals surface area contributed by atoms with Crippen LogP contribution in [0, 0.1) is 0 Å². The van der Waals surface area contributed by atoms with E-state index in [4.69, 9.17) is 5.73 Å². The Kier molecular flexibility index (Phi) is 5.66. The van der Waals surface area contributed by atoms with Crippen LogP contribution in [-0.2, 0) is 14.8 Å². The van der Waals surface area contributed by atoms with Gasteiger partial charge in [-0.3, -0.25) is 4.79 Å². The smallest absolute Gasteiger partial charge is 0.221 e. The SMILES string of the molecule is CN(C)S(=O)(=O)CCNC(=O)CCN. The molecule has 0 fully saturated rings. The number of nitrogens with one attached hydrogen (secondary N) is 1. The average molecular weight is 223 g/mol. The van der Waals surface area contributed by atoms with Gasteiger partial charge in [0.1, 0.15) is 0 Å². The van der Waals surface area contributed by atoms with Crippen LogP contribution >= 0.6 is 0 Å². The van der Waals surface area contributed by atoms with Crippen molar-refractivity contribution in [2.75, 3.05) is 32.9 Å². The molecule has 0 aromatic carbocycles. The molecule has 3 N–H and O–H groups in total. The van der Waals surface area contributed by atoms with Crippen LogP contribution in [0.5, 0.6) is 0 Å². The van der Waals surface area contributed by atoms with Crippen LogP contribution in [0.25, 0.3) is 0 Å². The van der Waals surface area contributed by atoms with Gasteiger partial charge >= 0.3 is 0 Å². The zero-order chi connectivity index (χ0) is 11.2. The molecular weight excluding hydrogens is 206 g/mol. The van der Waals surface area contributed by atoms with E-state index in [-0.39, 0.29) is 31.2 Å². The van der Waals surface area contributed by atoms with E-state index in [0.717, 1.165) is 4.31 Å². The standard InChI is InChI=1S/C7H17N3O3S/c1-10(2)14(12,13)6-5-9-7(11)3-4-8/h3-6,8H2,1-2H3,(H,9,11). The Bertz CT molecular complexity index is 274. The summed E-state index contributed by atoms with van der Waals surface area (Å²) in [5.74, 6) is -0.308. The van der Waals surface area contributed by atoms with Crippen LogP contribution in [0.3, 0.4) is 0 Å². The topological polar surface area (TPSA) is 92.5 Å². The van der Waals surface area contributed by atoms with Gasteiger partial charge in [-0.05, 0) is 0 Å². The third kappa shape index (κ3) is 5.15. The zero-order valence-corrected chi connectivity index (χ0v) is 9.30. The number of rotatable bonds is 6. The molecule has 0 rings (SSSR count). The number of carbonyl (C=O) groups is 1. The quantitative estimate of drug-likeness (QED) is 0.564. The molecule has 0 saturated heterocycles. The number of nitrogens with zero attached hydrogens (tertiary/aromatic N) is 1. The number of nitrogens with two attached hydrogens (primary N) is 1. The van der Waals surface area contributed by atoms with Crippen molar-refractivity contribution in [1.29, 1.82) is 0 Å². The Morgan fingerprint density at radius 2 is 2.00 bits per heavy atom. The second kappa shape index (κ2) is 5.94. The second-order valence-corrected chi connectivity index (χ2v) is 5.29. The highest BCUT2D eigenvalue weighted by atomic mass is 32.2. The maximum atomic E-state index is 11.2. The summed E-state index contributed by atoms with van der Waals surface area (Å²) in [6, 6.07) is 0. The van der Waals surface area contributed by atoms with Gasteiger partial charge in [0.2, 0.25) is 15.9 Å². The highest BCUT2D eigenvalue weighted by Crippen LogP contribution is 1.92. The van der Waals surface area contributed by atoms with Gasteiger partial charge in [-0.2, -0.15) is 0 Å². The largest absolute Gasteiger partial charge is 0.355 e. The molecule has 84 valence electrons. The molecule has 1 amide bonds. The normalized spacial score (nSPS) is 11.7. The van der Waals surface area contributed by atoms with E-state index >= 15 is 0 Å². The Labute approximate surface area is 84.5 Å². The monoisotopic (exact) mass is 223 g/mol. The van der Waals surface area contributed by atoms with Crippen LogP contribution in [0.4, 0.5) is 0 Å². The summed E-state index contributed by atoms with van der Waals surface area (Å²) in [5.41, 5.74) is 5.15. The summed E-state index contributed by atoms with van der Waals surface area (Å²) in [5, 5.41) is 2.47. The van der Waals surface area contributed by atoms with Gasteiger partial charge in [0, 0.05) is 33.6 Å². The molecule has 0 spiro atoms. The molecule has 0 unspecified atom stereocenters. The van der Waals surface area contributed by atoms with Gasteiger partial charge in [0.15, 0.2) is 0 Å². The fraction of sp³-hybridized carbons (Fsp3) is 0.857. The first-order valence-corrected chi connectivity index (χ1v) is 5.88. The lowest BCUT2D eigenvalue weighted by molar-refractivity contribution is -0.120. The van der Waals surface area contributed by atoms with Crippen molar-refractivity contribution in [1.82, 2.24) is 9.62 Å². The van der Waals surface area contributed by atoms with Gasteiger partial charge in [-0.25, -0.2) is 12.7 Å². The molecule has 6 nitrogen and oxygen atoms in total. The Balaban J connectivity index is 3.80. The lowest BCUT2D eigenvalue weighted by Gasteiger charge is -2.11. The summed E-state index contributed by atoms with van der Waals surface area (Å²) in [4.78, 5) is 10.9. The average Bonchev–Trinajstić information content (AvgIpc) is 2.04. The van der Waals surface area contributed by atoms with Gasteiger partial charge in [-0.15, -0.1) is 0 Å². The Morgan fingerprint density at radius 3 is 2.43 bits per heavy atom. The molecule has 0 aromatic heterocycles. The first-order chi connectivity index (χ1) is 6.40. The highest BCUT2D eigenvalue weighted by Gasteiger charge is 2.13. The van der Waals surface area contributed by atoms with Crippen molar-refractivity contribution in [3.63, 3.8) is 0 Å². The molecule has 0 heterocycles. The van der Waals surface area contributed by atoms with Crippen LogP contribution in [0.2, 0.25) is 0 Å². The number of carbonyl (C=O) groups excluding carboxylic acids is 1. The van der Waals surface area contributed by atoms with Gasteiger partial charge in [-0.1, -0.05) is 0 Å². The predicted octanol–water partition coefficient (Wildman–Crippen LogP) is -1.66. The third-order valence-electron chi connectivity index (χ3n) is 1.61. The summed E-state index contributed by atoms with van der Waals surface area (Å²) >= 11 is 0. The highest BCUT2D eigenvalue weighted by molar-refractivity contribution is 7.89. The van der Waals surface area contributed by atoms with Crippen molar-refractivity contribution >= 4 is 15.9 Å². The van der Waals surface area contributed by atoms with Crippen molar-refractivity contribution in [3.05, 3.63) is 0 Å². The minimum Gasteiger partial charge on any atom is -0.355 e. The first-order valence-electron chi connectivity index (χ1n) is 4.27. The number of hydrogen-bond acceptors (Lipinski definition) is 4. The minimum absolute atomic E-state index is 0.0870. The summed E-state index contributed by atoms with van der Waals surface area (Å²) in [7, 11) is -0.311. The maximum Gasteiger partial charge on any atom is 0.221 e. The van der Waals surface area contributed by atoms with Crippen molar-refractivity contribution in [2.24, 2.45) is 5.73 Å². The van der Waals surface area contributed by atoms with Crippen molar-refractivity contribution < 1.29 is 13.2 Å². The van der Waals surface area contributed by atoms with Crippen LogP contribution in [0.1, 0.15) is 6.42 Å². The van der Waals surface area contributed by atoms with Gasteiger partial charge < -0.3 is 11.1 Å². The number of hydrogen-bond donors (Lipinski definition) is 2. The maximum absolute atomic E-state index is 11.2. The zero-order valence-electron chi connectivity index (χ0n) is 8.49. The number of amides is 1. The van der Waals surface area contributed by atoms with Gasteiger partial charge in [0.25, 0.3) is 0 Å². The van der Waals surface area contributed by atoms with E-state index in [9.17, 15) is 13.2 Å². The second-order valence-electron chi connectivity index (χ2n) is 2.99. The molecule has 0 aliphatic carbocycles. The number of sulfonamides is 1. The molecule has 7 heteroatoms. The first kappa shape index (κ1) is 13.3. The van der Waals surface area contributed by atoms with Crippen LogP contribution in [0.15, 0.2) is 0 Å². The Hall–Kier alpha value is -0.660. The van der Waals surface area contributed by atoms with Crippen LogP contribution in [-0.4, -0.2) is 51.6 Å². The lowest BCUT2D eigenvalue weighted by Crippen LogP contribution is -2.34. The van der Waals surface area contributed by atoms with E-state index in [1.165, 1.54) is 14.1 Å². The van der Waals surface area contributed by atoms with Crippen LogP contribution < -0.4 is 11.1 Å². The third-order valence-corrected chi connectivity index (χ3v) is 3.44. The summed E-state index contributed by atoms with van der Waals surface area (Å²) < 4.78 is 23.6. The van der Waals surface area contributed by atoms with E-state index in [1.807, 2.05) is 0 Å². The molecule has 14 heavy (non-hydrogen) atoms. The molecule has 0 aliphatic heterocycles. The lowest BCUT2D eigenvalue weighted by atomic mass is 10.4.